The number of benzene rings is 2. The molecule has 0 saturated heterocycles. The molecule has 144 valence electrons. The van der Waals surface area contributed by atoms with Gasteiger partial charge in [-0.2, -0.15) is 0 Å². The van der Waals surface area contributed by atoms with E-state index in [0.717, 1.165) is 18.1 Å². The van der Waals surface area contributed by atoms with Crippen LogP contribution in [-0.4, -0.2) is 38.7 Å². The van der Waals surface area contributed by atoms with Gasteiger partial charge in [0.05, 0.1) is 6.61 Å². The second-order valence-corrected chi connectivity index (χ2v) is 6.31. The van der Waals surface area contributed by atoms with Crippen molar-refractivity contribution in [3.05, 3.63) is 89.0 Å². The summed E-state index contributed by atoms with van der Waals surface area (Å²) in [5.74, 6) is -1.39. The molecule has 5 nitrogen and oxygen atoms in total. The van der Waals surface area contributed by atoms with Crippen LogP contribution in [0.2, 0.25) is 0 Å². The minimum absolute atomic E-state index is 0.237. The van der Waals surface area contributed by atoms with Gasteiger partial charge in [-0.25, -0.2) is 0 Å². The quantitative estimate of drug-likeness (QED) is 0.519. The van der Waals surface area contributed by atoms with Crippen LogP contribution in [-0.2, 0) is 25.6 Å². The van der Waals surface area contributed by atoms with Crippen LogP contribution in [0.5, 0.6) is 0 Å². The van der Waals surface area contributed by atoms with Crippen LogP contribution in [0.3, 0.4) is 0 Å². The van der Waals surface area contributed by atoms with Gasteiger partial charge in [0.15, 0.2) is 12.6 Å². The Kier molecular flexibility index (Phi) is 6.31. The fourth-order valence-corrected chi connectivity index (χ4v) is 3.44. The molecule has 3 rings (SSSR count). The van der Waals surface area contributed by atoms with Crippen molar-refractivity contribution in [1.82, 2.24) is 0 Å². The molecule has 0 aromatic heterocycles. The van der Waals surface area contributed by atoms with Crippen molar-refractivity contribution in [2.24, 2.45) is 0 Å². The number of hydrogen-bond acceptors (Lipinski definition) is 5. The predicted molar refractivity (Wildman–Crippen MR) is 106 cm³/mol. The third-order valence-corrected chi connectivity index (χ3v) is 4.80. The molecule has 0 aliphatic heterocycles. The number of carbonyl (C=O) groups excluding carboxylic acids is 2. The topological polar surface area (TPSA) is 61.8 Å². The van der Waals surface area contributed by atoms with Crippen LogP contribution in [0.15, 0.2) is 72.3 Å². The average Bonchev–Trinajstić information content (AvgIpc) is 2.77. The lowest BCUT2D eigenvalue weighted by atomic mass is 9.83. The van der Waals surface area contributed by atoms with E-state index in [1.54, 1.807) is 43.5 Å². The fourth-order valence-electron chi connectivity index (χ4n) is 3.44. The van der Waals surface area contributed by atoms with Crippen LogP contribution >= 0.6 is 0 Å². The molecule has 1 aliphatic rings. The molecule has 2 aromatic carbocycles. The molecule has 2 aromatic rings. The molecular weight excluding hydrogens is 356 g/mol. The molecule has 1 unspecified atom stereocenters. The van der Waals surface area contributed by atoms with E-state index < -0.39 is 11.9 Å². The molecule has 0 saturated carbocycles. The van der Waals surface area contributed by atoms with Gasteiger partial charge in [0.2, 0.25) is 5.79 Å². The van der Waals surface area contributed by atoms with Gasteiger partial charge in [-0.15, -0.1) is 0 Å². The third kappa shape index (κ3) is 3.60. The molecule has 0 radical (unpaired) electrons. The summed E-state index contributed by atoms with van der Waals surface area (Å²) < 4.78 is 17.8. The molecule has 0 amide bonds. The fraction of sp³-hybridized carbons (Fsp3) is 0.217. The molecule has 0 bridgehead atoms. The van der Waals surface area contributed by atoms with E-state index in [1.165, 1.54) is 7.11 Å². The first kappa shape index (κ1) is 19.9. The lowest BCUT2D eigenvalue weighted by molar-refractivity contribution is -0.233. The van der Waals surface area contributed by atoms with Crippen LogP contribution in [0.25, 0.3) is 5.57 Å². The van der Waals surface area contributed by atoms with Crippen molar-refractivity contribution >= 4 is 18.1 Å². The van der Waals surface area contributed by atoms with Crippen molar-refractivity contribution in [3.8, 4) is 0 Å². The summed E-state index contributed by atoms with van der Waals surface area (Å²) in [7, 11) is 3.05. The number of allylic oxidation sites excluding steroid dienone is 2. The zero-order valence-electron chi connectivity index (χ0n) is 15.8. The summed E-state index contributed by atoms with van der Waals surface area (Å²) in [4.78, 5) is 23.5. The molecule has 0 N–H and O–H groups in total. The second kappa shape index (κ2) is 8.89. The Hall–Kier alpha value is -2.86. The van der Waals surface area contributed by atoms with E-state index in [2.05, 4.69) is 0 Å². The Bertz CT molecular complexity index is 900. The van der Waals surface area contributed by atoms with Crippen molar-refractivity contribution in [2.75, 3.05) is 14.2 Å². The number of aldehydes is 2. The molecule has 2 atom stereocenters. The summed E-state index contributed by atoms with van der Waals surface area (Å²) in [6.07, 6.45) is 4.27. The van der Waals surface area contributed by atoms with Crippen LogP contribution in [0, 0.1) is 0 Å². The largest absolute Gasteiger partial charge is 0.371 e. The maximum absolute atomic E-state index is 11.9. The van der Waals surface area contributed by atoms with E-state index >= 15 is 0 Å². The first-order valence-corrected chi connectivity index (χ1v) is 8.88. The van der Waals surface area contributed by atoms with Gasteiger partial charge in [-0.3, -0.25) is 9.59 Å². The summed E-state index contributed by atoms with van der Waals surface area (Å²) in [6.45, 7) is 0.237. The first-order chi connectivity index (χ1) is 13.7. The number of carbonyl (C=O) groups is 2. The maximum Gasteiger partial charge on any atom is 0.227 e. The highest BCUT2D eigenvalue weighted by Crippen LogP contribution is 2.42. The molecule has 1 aliphatic carbocycles. The predicted octanol–water partition coefficient (Wildman–Crippen LogP) is 3.60. The van der Waals surface area contributed by atoms with Crippen molar-refractivity contribution in [3.63, 3.8) is 0 Å². The summed E-state index contributed by atoms with van der Waals surface area (Å²) in [5, 5.41) is 0. The van der Waals surface area contributed by atoms with Crippen LogP contribution in [0.1, 0.15) is 21.5 Å². The third-order valence-electron chi connectivity index (χ3n) is 4.80. The SMILES string of the molecule is CO[C@H]1C=CC(C=O)=C(c2ccccc2C=O)C1(OC)OCc1ccccc1. The van der Waals surface area contributed by atoms with Crippen molar-refractivity contribution in [2.45, 2.75) is 18.5 Å². The molecule has 5 heteroatoms. The zero-order chi connectivity index (χ0) is 20.0. The van der Waals surface area contributed by atoms with Gasteiger partial charge < -0.3 is 14.2 Å². The average molecular weight is 378 g/mol. The van der Waals surface area contributed by atoms with Gasteiger partial charge >= 0.3 is 0 Å². The minimum Gasteiger partial charge on any atom is -0.371 e. The Morgan fingerprint density at radius 2 is 1.68 bits per heavy atom. The van der Waals surface area contributed by atoms with Gasteiger partial charge in [-0.05, 0) is 17.2 Å². The highest BCUT2D eigenvalue weighted by molar-refractivity contribution is 5.98. The Balaban J connectivity index is 2.16. The lowest BCUT2D eigenvalue weighted by Crippen LogP contribution is -2.49. The maximum atomic E-state index is 11.9. The highest BCUT2D eigenvalue weighted by atomic mass is 16.7. The molecular formula is C23H22O5. The van der Waals surface area contributed by atoms with Gasteiger partial charge in [0.1, 0.15) is 6.10 Å². The van der Waals surface area contributed by atoms with Crippen LogP contribution < -0.4 is 0 Å². The number of rotatable bonds is 8. The Labute approximate surface area is 164 Å². The molecule has 28 heavy (non-hydrogen) atoms. The molecule has 0 fully saturated rings. The van der Waals surface area contributed by atoms with E-state index in [0.29, 0.717) is 22.3 Å². The monoisotopic (exact) mass is 378 g/mol. The van der Waals surface area contributed by atoms with E-state index in [-0.39, 0.29) is 6.61 Å². The van der Waals surface area contributed by atoms with E-state index in [4.69, 9.17) is 14.2 Å². The van der Waals surface area contributed by atoms with Crippen LogP contribution in [0.4, 0.5) is 0 Å². The Morgan fingerprint density at radius 1 is 0.964 bits per heavy atom. The second-order valence-electron chi connectivity index (χ2n) is 6.31. The lowest BCUT2D eigenvalue weighted by Gasteiger charge is -2.41. The van der Waals surface area contributed by atoms with E-state index in [1.807, 2.05) is 30.3 Å². The van der Waals surface area contributed by atoms with Gasteiger partial charge in [0.25, 0.3) is 0 Å². The first-order valence-electron chi connectivity index (χ1n) is 8.88. The van der Waals surface area contributed by atoms with E-state index in [9.17, 15) is 9.59 Å². The number of hydrogen-bond donors (Lipinski definition) is 0. The van der Waals surface area contributed by atoms with Gasteiger partial charge in [0, 0.05) is 30.9 Å². The summed E-state index contributed by atoms with van der Waals surface area (Å²) >= 11 is 0. The van der Waals surface area contributed by atoms with Crippen molar-refractivity contribution in [1.29, 1.82) is 0 Å². The normalized spacial score (nSPS) is 21.6. The molecule has 0 heterocycles. The molecule has 0 spiro atoms. The number of methoxy groups -OCH3 is 2. The summed E-state index contributed by atoms with van der Waals surface area (Å²) in [5.41, 5.74) is 2.79. The Morgan fingerprint density at radius 3 is 2.32 bits per heavy atom. The van der Waals surface area contributed by atoms with Gasteiger partial charge in [-0.1, -0.05) is 60.7 Å². The smallest absolute Gasteiger partial charge is 0.227 e. The summed E-state index contributed by atoms with van der Waals surface area (Å²) in [6, 6.07) is 16.7. The minimum atomic E-state index is -1.39. The van der Waals surface area contributed by atoms with Crippen molar-refractivity contribution < 1.29 is 23.8 Å². The highest BCUT2D eigenvalue weighted by Gasteiger charge is 2.47. The number of ether oxygens (including phenoxy) is 3. The zero-order valence-corrected chi connectivity index (χ0v) is 15.8. The standard InChI is InChI=1S/C23H22O5/c1-26-21-13-12-19(15-25)22(20-11-7-6-10-18(20)14-24)23(21,27-2)28-16-17-8-4-3-5-9-17/h3-15,21H,16H2,1-2H3/t21-,23?/m0/s1.